The lowest BCUT2D eigenvalue weighted by Gasteiger charge is -2.42. The van der Waals surface area contributed by atoms with Gasteiger partial charge in [-0.15, -0.1) is 0 Å². The van der Waals surface area contributed by atoms with Gasteiger partial charge >= 0.3 is 6.03 Å². The van der Waals surface area contributed by atoms with Crippen LogP contribution in [0.4, 0.5) is 14.9 Å². The quantitative estimate of drug-likeness (QED) is 0.537. The van der Waals surface area contributed by atoms with E-state index in [-0.39, 0.29) is 42.7 Å². The summed E-state index contributed by atoms with van der Waals surface area (Å²) >= 11 is 0. The van der Waals surface area contributed by atoms with Crippen molar-refractivity contribution in [3.63, 3.8) is 0 Å². The molecule has 1 saturated carbocycles. The number of carbonyl (C=O) groups is 2. The van der Waals surface area contributed by atoms with E-state index < -0.39 is 12.0 Å². The van der Waals surface area contributed by atoms with Gasteiger partial charge in [0, 0.05) is 25.3 Å². The zero-order chi connectivity index (χ0) is 26.4. The van der Waals surface area contributed by atoms with E-state index in [4.69, 9.17) is 9.47 Å². The van der Waals surface area contributed by atoms with Crippen molar-refractivity contribution in [3.8, 4) is 0 Å². The van der Waals surface area contributed by atoms with Crippen molar-refractivity contribution < 1.29 is 28.6 Å². The molecule has 3 N–H and O–H groups in total. The van der Waals surface area contributed by atoms with Crippen molar-refractivity contribution in [2.75, 3.05) is 18.9 Å². The summed E-state index contributed by atoms with van der Waals surface area (Å²) in [5, 5.41) is 15.4. The van der Waals surface area contributed by atoms with E-state index in [1.165, 1.54) is 12.1 Å². The standard InChI is InChI=1S/C28H33FN4O5/c1-30-26(36)31-20-6-11-23-18(14-20)12-13-28(23)25-33(27(37-25)38-28)16-24(35)32(21-7-9-22(34)10-8-21)15-17-2-4-19(29)5-3-17/h2-6,11,14,21-22,25,27,34H,7-10,12-13,15-16H2,1H3,(H2,30,31,36)/t21-,22-,25?,27?,28-/m1/s1. The van der Waals surface area contributed by atoms with Gasteiger partial charge in [0.1, 0.15) is 11.4 Å². The Labute approximate surface area is 220 Å². The summed E-state index contributed by atoms with van der Waals surface area (Å²) in [6, 6.07) is 11.8. The van der Waals surface area contributed by atoms with Gasteiger partial charge in [0.2, 0.25) is 12.3 Å². The number of nitrogens with zero attached hydrogens (tertiary/aromatic N) is 2. The van der Waals surface area contributed by atoms with Crippen LogP contribution >= 0.6 is 0 Å². The molecule has 3 aliphatic heterocycles. The maximum atomic E-state index is 13.7. The van der Waals surface area contributed by atoms with E-state index >= 15 is 0 Å². The molecule has 4 fully saturated rings. The highest BCUT2D eigenvalue weighted by Gasteiger charge is 2.66. The molecule has 2 aromatic rings. The van der Waals surface area contributed by atoms with Crippen LogP contribution < -0.4 is 10.6 Å². The van der Waals surface area contributed by atoms with Gasteiger partial charge in [-0.25, -0.2) is 14.1 Å². The average molecular weight is 525 g/mol. The molecule has 0 radical (unpaired) electrons. The van der Waals surface area contributed by atoms with E-state index in [1.807, 2.05) is 28.0 Å². The summed E-state index contributed by atoms with van der Waals surface area (Å²) in [6.45, 7) is 0.544. The third-order valence-corrected chi connectivity index (χ3v) is 8.35. The Bertz CT molecular complexity index is 1220. The molecule has 3 heterocycles. The first kappa shape index (κ1) is 25.2. The number of aliphatic hydroxyl groups is 1. The lowest BCUT2D eigenvalue weighted by Crippen LogP contribution is -2.59. The molecule has 2 unspecified atom stereocenters. The Hall–Kier alpha value is -3.05. The summed E-state index contributed by atoms with van der Waals surface area (Å²) in [7, 11) is 1.57. The smallest absolute Gasteiger partial charge is 0.318 e. The predicted octanol–water partition coefficient (Wildman–Crippen LogP) is 3.02. The van der Waals surface area contributed by atoms with Gasteiger partial charge in [-0.1, -0.05) is 18.2 Å². The number of benzene rings is 2. The largest absolute Gasteiger partial charge is 0.393 e. The van der Waals surface area contributed by atoms with E-state index in [0.717, 1.165) is 42.4 Å². The number of aryl methyl sites for hydroxylation is 1. The fraction of sp³-hybridized carbons (Fsp3) is 0.500. The van der Waals surface area contributed by atoms with Gasteiger partial charge in [-0.3, -0.25) is 4.79 Å². The Morgan fingerprint density at radius 2 is 1.92 bits per heavy atom. The van der Waals surface area contributed by atoms with Gasteiger partial charge in [-0.05, 0) is 79.5 Å². The molecule has 7 rings (SSSR count). The zero-order valence-electron chi connectivity index (χ0n) is 21.4. The summed E-state index contributed by atoms with van der Waals surface area (Å²) in [5.41, 5.74) is 3.08. The number of carbonyl (C=O) groups excluding carboxylic acids is 2. The molecule has 1 spiro atoms. The molecule has 202 valence electrons. The zero-order valence-corrected chi connectivity index (χ0v) is 21.4. The first-order valence-electron chi connectivity index (χ1n) is 13.3. The topological polar surface area (TPSA) is 103 Å². The molecule has 2 bridgehead atoms. The number of rotatable bonds is 6. The molecule has 3 amide bonds. The Kier molecular flexibility index (Phi) is 6.59. The molecule has 2 aliphatic carbocycles. The number of aliphatic hydroxyl groups excluding tert-OH is 1. The number of hydrogen-bond donors (Lipinski definition) is 3. The number of urea groups is 1. The van der Waals surface area contributed by atoms with Crippen molar-refractivity contribution >= 4 is 17.6 Å². The lowest BCUT2D eigenvalue weighted by molar-refractivity contribution is -0.285. The summed E-state index contributed by atoms with van der Waals surface area (Å²) in [6.07, 6.45) is 3.04. The molecule has 10 heteroatoms. The molecule has 0 aromatic heterocycles. The highest BCUT2D eigenvalue weighted by Crippen LogP contribution is 2.56. The van der Waals surface area contributed by atoms with Crippen LogP contribution in [0.1, 0.15) is 48.8 Å². The van der Waals surface area contributed by atoms with Crippen molar-refractivity contribution in [1.29, 1.82) is 0 Å². The minimum absolute atomic E-state index is 0.0177. The number of ether oxygens (including phenoxy) is 2. The fourth-order valence-electron chi connectivity index (χ4n) is 6.33. The monoisotopic (exact) mass is 524 g/mol. The molecule has 2 aromatic carbocycles. The molecular formula is C28H33FN4O5. The predicted molar refractivity (Wildman–Crippen MR) is 136 cm³/mol. The van der Waals surface area contributed by atoms with Crippen LogP contribution in [-0.4, -0.2) is 65.2 Å². The van der Waals surface area contributed by atoms with Gasteiger partial charge < -0.3 is 30.1 Å². The molecular weight excluding hydrogens is 491 g/mol. The van der Waals surface area contributed by atoms with E-state index in [2.05, 4.69) is 10.6 Å². The van der Waals surface area contributed by atoms with Gasteiger partial charge in [-0.2, -0.15) is 0 Å². The second-order valence-electron chi connectivity index (χ2n) is 10.7. The molecule has 9 nitrogen and oxygen atoms in total. The summed E-state index contributed by atoms with van der Waals surface area (Å²) in [4.78, 5) is 29.3. The average Bonchev–Trinajstić information content (AvgIpc) is 3.58. The molecule has 3 saturated heterocycles. The van der Waals surface area contributed by atoms with Gasteiger partial charge in [0.05, 0.1) is 12.6 Å². The first-order valence-corrected chi connectivity index (χ1v) is 13.3. The van der Waals surface area contributed by atoms with Crippen molar-refractivity contribution in [2.24, 2.45) is 0 Å². The van der Waals surface area contributed by atoms with E-state index in [9.17, 15) is 19.1 Å². The first-order chi connectivity index (χ1) is 18.4. The number of fused-ring (bicyclic) bond motifs is 1. The second-order valence-corrected chi connectivity index (χ2v) is 10.7. The van der Waals surface area contributed by atoms with Crippen LogP contribution in [0.3, 0.4) is 0 Å². The van der Waals surface area contributed by atoms with Crippen molar-refractivity contribution in [1.82, 2.24) is 15.1 Å². The second kappa shape index (κ2) is 9.92. The third-order valence-electron chi connectivity index (χ3n) is 8.35. The number of halogens is 1. The number of amides is 3. The lowest BCUT2D eigenvalue weighted by atomic mass is 9.91. The van der Waals surface area contributed by atoms with Crippen molar-refractivity contribution in [2.45, 2.75) is 75.5 Å². The minimum Gasteiger partial charge on any atom is -0.393 e. The van der Waals surface area contributed by atoms with Crippen LogP contribution in [0, 0.1) is 5.82 Å². The van der Waals surface area contributed by atoms with Crippen LogP contribution in [0.2, 0.25) is 0 Å². The SMILES string of the molecule is CNC(=O)Nc1ccc2c(c1)CC[C@@]21OC2OC1N2CC(=O)N(Cc1ccc(F)cc1)[C@H]1CC[C@H](O)CC1. The third kappa shape index (κ3) is 4.45. The van der Waals surface area contributed by atoms with Crippen LogP contribution in [0.5, 0.6) is 0 Å². The molecule has 3 atom stereocenters. The highest BCUT2D eigenvalue weighted by molar-refractivity contribution is 5.89. The maximum Gasteiger partial charge on any atom is 0.318 e. The fourth-order valence-corrected chi connectivity index (χ4v) is 6.33. The number of nitrogens with one attached hydrogen (secondary N) is 2. The van der Waals surface area contributed by atoms with Gasteiger partial charge in [0.25, 0.3) is 0 Å². The Morgan fingerprint density at radius 3 is 2.66 bits per heavy atom. The van der Waals surface area contributed by atoms with Gasteiger partial charge in [0.15, 0.2) is 6.23 Å². The van der Waals surface area contributed by atoms with Crippen LogP contribution in [0.15, 0.2) is 42.5 Å². The van der Waals surface area contributed by atoms with Crippen molar-refractivity contribution in [3.05, 3.63) is 65.0 Å². The Morgan fingerprint density at radius 1 is 1.16 bits per heavy atom. The number of anilines is 1. The number of hydrogen-bond acceptors (Lipinski definition) is 6. The minimum atomic E-state index is -0.636. The molecule has 5 aliphatic rings. The van der Waals surface area contributed by atoms with E-state index in [0.29, 0.717) is 25.1 Å². The highest BCUT2D eigenvalue weighted by atomic mass is 19.1. The Balaban J connectivity index is 1.18. The summed E-state index contributed by atoms with van der Waals surface area (Å²) < 4.78 is 25.9. The normalized spacial score (nSPS) is 29.6. The summed E-state index contributed by atoms with van der Waals surface area (Å²) in [5.74, 6) is -0.337. The maximum absolute atomic E-state index is 13.7. The van der Waals surface area contributed by atoms with Crippen LogP contribution in [-0.2, 0) is 32.8 Å². The van der Waals surface area contributed by atoms with Crippen LogP contribution in [0.25, 0.3) is 0 Å². The molecule has 38 heavy (non-hydrogen) atoms. The van der Waals surface area contributed by atoms with E-state index in [1.54, 1.807) is 19.2 Å².